The van der Waals surface area contributed by atoms with Crippen molar-refractivity contribution < 1.29 is 19.3 Å². The molecular formula is C20H22N3O3+. The van der Waals surface area contributed by atoms with Crippen LogP contribution in [0.1, 0.15) is 18.1 Å². The predicted octanol–water partition coefficient (Wildman–Crippen LogP) is 1.04. The first-order chi connectivity index (χ1) is 12.6. The van der Waals surface area contributed by atoms with Crippen LogP contribution in [-0.2, 0) is 22.7 Å². The van der Waals surface area contributed by atoms with Gasteiger partial charge in [0.15, 0.2) is 6.67 Å². The summed E-state index contributed by atoms with van der Waals surface area (Å²) in [5, 5.41) is 0. The number of benzene rings is 2. The summed E-state index contributed by atoms with van der Waals surface area (Å²) in [6.07, 6.45) is 0. The lowest BCUT2D eigenvalue weighted by atomic mass is 10.2. The Kier molecular flexibility index (Phi) is 5.43. The molecule has 0 saturated carbocycles. The number of imide groups is 2. The summed E-state index contributed by atoms with van der Waals surface area (Å²) in [5.74, 6) is -1.50. The molecule has 2 aromatic rings. The van der Waals surface area contributed by atoms with E-state index in [0.29, 0.717) is 6.54 Å². The molecule has 1 aliphatic rings. The number of urea groups is 1. The average Bonchev–Trinajstić information content (AvgIpc) is 2.87. The quantitative estimate of drug-likeness (QED) is 0.598. The maximum Gasteiger partial charge on any atom is 0.339 e. The van der Waals surface area contributed by atoms with E-state index in [0.717, 1.165) is 32.4 Å². The van der Waals surface area contributed by atoms with E-state index in [9.17, 15) is 14.4 Å². The van der Waals surface area contributed by atoms with Crippen molar-refractivity contribution in [3.8, 4) is 0 Å². The third-order valence-electron chi connectivity index (χ3n) is 4.50. The molecule has 1 aliphatic heterocycles. The maximum absolute atomic E-state index is 12.6. The van der Waals surface area contributed by atoms with Crippen molar-refractivity contribution >= 4 is 17.8 Å². The zero-order valence-corrected chi connectivity index (χ0v) is 14.7. The van der Waals surface area contributed by atoms with Gasteiger partial charge in [-0.25, -0.2) is 9.69 Å². The Morgan fingerprint density at radius 3 is 1.88 bits per heavy atom. The van der Waals surface area contributed by atoms with Gasteiger partial charge >= 0.3 is 17.8 Å². The summed E-state index contributed by atoms with van der Waals surface area (Å²) in [5.41, 5.74) is 1.93. The number of amides is 4. The summed E-state index contributed by atoms with van der Waals surface area (Å²) in [6.45, 7) is 3.70. The molecule has 134 valence electrons. The highest BCUT2D eigenvalue weighted by atomic mass is 16.2. The van der Waals surface area contributed by atoms with Crippen molar-refractivity contribution in [1.29, 1.82) is 0 Å². The molecule has 1 heterocycles. The number of nitrogens with zero attached hydrogens (tertiary/aromatic N) is 2. The van der Waals surface area contributed by atoms with Crippen LogP contribution in [0.15, 0.2) is 60.7 Å². The van der Waals surface area contributed by atoms with Gasteiger partial charge < -0.3 is 4.90 Å². The second kappa shape index (κ2) is 7.93. The number of nitrogens with one attached hydrogen (secondary N) is 1. The molecular weight excluding hydrogens is 330 g/mol. The van der Waals surface area contributed by atoms with Crippen LogP contribution in [0, 0.1) is 0 Å². The number of carbonyl (C=O) groups is 3. The van der Waals surface area contributed by atoms with E-state index in [1.807, 2.05) is 67.6 Å². The lowest BCUT2D eigenvalue weighted by molar-refractivity contribution is -0.919. The van der Waals surface area contributed by atoms with Gasteiger partial charge in [-0.15, -0.1) is 0 Å². The summed E-state index contributed by atoms with van der Waals surface area (Å²) in [6, 6.07) is 18.5. The van der Waals surface area contributed by atoms with E-state index in [-0.39, 0.29) is 13.2 Å². The predicted molar refractivity (Wildman–Crippen MR) is 95.8 cm³/mol. The summed E-state index contributed by atoms with van der Waals surface area (Å²) in [7, 11) is 0. The van der Waals surface area contributed by atoms with Crippen molar-refractivity contribution in [3.63, 3.8) is 0 Å². The van der Waals surface area contributed by atoms with Gasteiger partial charge in [-0.05, 0) is 12.5 Å². The normalized spacial score (nSPS) is 15.7. The van der Waals surface area contributed by atoms with Crippen LogP contribution in [0.4, 0.5) is 4.79 Å². The third-order valence-corrected chi connectivity index (χ3v) is 4.50. The van der Waals surface area contributed by atoms with Crippen LogP contribution < -0.4 is 4.90 Å². The van der Waals surface area contributed by atoms with Gasteiger partial charge in [0.05, 0.1) is 13.1 Å². The highest BCUT2D eigenvalue weighted by Crippen LogP contribution is 2.14. The Hall–Kier alpha value is -2.99. The minimum absolute atomic E-state index is 0.112. The summed E-state index contributed by atoms with van der Waals surface area (Å²) in [4.78, 5) is 40.3. The molecule has 6 nitrogen and oxygen atoms in total. The van der Waals surface area contributed by atoms with E-state index in [2.05, 4.69) is 0 Å². The topological polar surface area (TPSA) is 62.1 Å². The minimum atomic E-state index is -0.756. The Morgan fingerprint density at radius 1 is 0.769 bits per heavy atom. The van der Waals surface area contributed by atoms with Crippen molar-refractivity contribution in [3.05, 3.63) is 71.8 Å². The first-order valence-electron chi connectivity index (χ1n) is 8.69. The summed E-state index contributed by atoms with van der Waals surface area (Å²) >= 11 is 0. The number of hydrogen-bond donors (Lipinski definition) is 1. The van der Waals surface area contributed by atoms with Crippen LogP contribution in [0.25, 0.3) is 0 Å². The second-order valence-electron chi connectivity index (χ2n) is 6.32. The van der Waals surface area contributed by atoms with Crippen LogP contribution in [0.2, 0.25) is 0 Å². The molecule has 26 heavy (non-hydrogen) atoms. The lowest BCUT2D eigenvalue weighted by Crippen LogP contribution is -3.12. The minimum Gasteiger partial charge on any atom is -0.314 e. The monoisotopic (exact) mass is 352 g/mol. The molecule has 1 fully saturated rings. The number of rotatable bonds is 7. The average molecular weight is 352 g/mol. The third kappa shape index (κ3) is 3.81. The lowest BCUT2D eigenvalue weighted by Gasteiger charge is -2.22. The van der Waals surface area contributed by atoms with Crippen LogP contribution in [0.5, 0.6) is 0 Å². The van der Waals surface area contributed by atoms with Crippen LogP contribution in [-0.4, -0.2) is 40.9 Å². The molecule has 0 bridgehead atoms. The first-order valence-corrected chi connectivity index (χ1v) is 8.69. The fourth-order valence-electron chi connectivity index (χ4n) is 3.00. The molecule has 1 saturated heterocycles. The van der Waals surface area contributed by atoms with Crippen molar-refractivity contribution in [2.45, 2.75) is 20.0 Å². The van der Waals surface area contributed by atoms with Crippen LogP contribution in [0.3, 0.4) is 0 Å². The SMILES string of the molecule is CC[NH+](Cc1ccccc1)CN1C(=O)C(=O)N(Cc2ccccc2)C1=O. The van der Waals surface area contributed by atoms with Gasteiger partial charge in [-0.2, -0.15) is 0 Å². The number of quaternary nitrogens is 1. The molecule has 1 atom stereocenters. The molecule has 0 radical (unpaired) electrons. The maximum atomic E-state index is 12.6. The van der Waals surface area contributed by atoms with E-state index >= 15 is 0 Å². The van der Waals surface area contributed by atoms with E-state index in [1.165, 1.54) is 0 Å². The summed E-state index contributed by atoms with van der Waals surface area (Å²) < 4.78 is 0. The Bertz CT molecular complexity index is 792. The van der Waals surface area contributed by atoms with Gasteiger partial charge in [0.2, 0.25) is 0 Å². The van der Waals surface area contributed by atoms with Gasteiger partial charge in [0.1, 0.15) is 6.54 Å². The molecule has 2 aromatic carbocycles. The molecule has 3 rings (SSSR count). The Labute approximate surface area is 152 Å². The molecule has 4 amide bonds. The van der Waals surface area contributed by atoms with Crippen molar-refractivity contribution in [2.24, 2.45) is 0 Å². The fraction of sp³-hybridized carbons (Fsp3) is 0.250. The molecule has 6 heteroatoms. The number of hydrogen-bond acceptors (Lipinski definition) is 3. The number of carbonyl (C=O) groups excluding carboxylic acids is 3. The fourth-order valence-corrected chi connectivity index (χ4v) is 3.00. The largest absolute Gasteiger partial charge is 0.339 e. The van der Waals surface area contributed by atoms with Gasteiger partial charge in [0.25, 0.3) is 0 Å². The zero-order chi connectivity index (χ0) is 18.5. The zero-order valence-electron chi connectivity index (χ0n) is 14.7. The van der Waals surface area contributed by atoms with Gasteiger partial charge in [-0.3, -0.25) is 14.5 Å². The smallest absolute Gasteiger partial charge is 0.314 e. The second-order valence-corrected chi connectivity index (χ2v) is 6.32. The molecule has 0 aliphatic carbocycles. The Morgan fingerprint density at radius 2 is 1.31 bits per heavy atom. The van der Waals surface area contributed by atoms with Gasteiger partial charge in [-0.1, -0.05) is 60.7 Å². The van der Waals surface area contributed by atoms with Crippen LogP contribution >= 0.6 is 0 Å². The van der Waals surface area contributed by atoms with E-state index < -0.39 is 17.8 Å². The highest BCUT2D eigenvalue weighted by molar-refractivity contribution is 6.44. The molecule has 1 unspecified atom stereocenters. The highest BCUT2D eigenvalue weighted by Gasteiger charge is 2.45. The first kappa shape index (κ1) is 17.8. The standard InChI is InChI=1S/C20H21N3O3/c1-2-21(13-16-9-5-3-6-10-16)15-23-19(25)18(24)22(20(23)26)14-17-11-7-4-8-12-17/h3-12H,2,13-15H2,1H3/p+1. The van der Waals surface area contributed by atoms with Gasteiger partial charge in [0, 0.05) is 5.56 Å². The Balaban J connectivity index is 1.70. The van der Waals surface area contributed by atoms with Crippen molar-refractivity contribution in [2.75, 3.05) is 13.2 Å². The molecule has 0 aromatic heterocycles. The van der Waals surface area contributed by atoms with E-state index in [1.54, 1.807) is 0 Å². The van der Waals surface area contributed by atoms with Crippen molar-refractivity contribution in [1.82, 2.24) is 9.80 Å². The molecule has 0 spiro atoms. The van der Waals surface area contributed by atoms with E-state index in [4.69, 9.17) is 0 Å². The molecule has 1 N–H and O–H groups in total.